The lowest BCUT2D eigenvalue weighted by molar-refractivity contribution is 0.254. The molecule has 1 aromatic carbocycles. The van der Waals surface area contributed by atoms with Gasteiger partial charge in [0.15, 0.2) is 0 Å². The van der Waals surface area contributed by atoms with Gasteiger partial charge in [-0.3, -0.25) is 4.57 Å². The summed E-state index contributed by atoms with van der Waals surface area (Å²) in [6.45, 7) is 2.16. The highest BCUT2D eigenvalue weighted by Gasteiger charge is 2.24. The van der Waals surface area contributed by atoms with E-state index in [1.54, 1.807) is 31.2 Å². The topological polar surface area (TPSA) is 35.5 Å². The van der Waals surface area contributed by atoms with Gasteiger partial charge in [-0.05, 0) is 19.1 Å². The summed E-state index contributed by atoms with van der Waals surface area (Å²) in [7, 11) is -1.66. The minimum atomic E-state index is -3.05. The zero-order valence-electron chi connectivity index (χ0n) is 7.77. The van der Waals surface area contributed by atoms with Gasteiger partial charge in [-0.2, -0.15) is 0 Å². The quantitative estimate of drug-likeness (QED) is 0.699. The Bertz CT molecular complexity index is 297. The average molecular weight is 200 g/mol. The molecule has 13 heavy (non-hydrogen) atoms. The molecule has 1 rings (SSSR count). The molecule has 0 spiro atoms. The maximum absolute atomic E-state index is 11.9. The number of rotatable bonds is 4. The first-order valence-corrected chi connectivity index (χ1v) is 5.63. The Morgan fingerprint density at radius 1 is 1.31 bits per heavy atom. The van der Waals surface area contributed by atoms with E-state index in [-0.39, 0.29) is 0 Å². The Kier molecular flexibility index (Phi) is 3.67. The third-order valence-corrected chi connectivity index (χ3v) is 3.62. The standard InChI is InChI=1S/C9H13O3P/c1-3-12-13(10,11-2)9-7-5-4-6-8-9/h4-8H,3H2,1-2H3/t13-/m0/s1. The van der Waals surface area contributed by atoms with Gasteiger partial charge in [0.2, 0.25) is 0 Å². The van der Waals surface area contributed by atoms with Crippen LogP contribution in [0.4, 0.5) is 0 Å². The number of hydrogen-bond acceptors (Lipinski definition) is 3. The van der Waals surface area contributed by atoms with Crippen LogP contribution in [0.1, 0.15) is 6.92 Å². The van der Waals surface area contributed by atoms with Gasteiger partial charge in [-0.25, -0.2) is 0 Å². The van der Waals surface area contributed by atoms with Crippen LogP contribution in [0.5, 0.6) is 0 Å². The fourth-order valence-corrected chi connectivity index (χ4v) is 2.36. The molecule has 1 aromatic rings. The Morgan fingerprint density at radius 3 is 2.38 bits per heavy atom. The average Bonchev–Trinajstić information content (AvgIpc) is 2.19. The second-order valence-corrected chi connectivity index (χ2v) is 4.57. The van der Waals surface area contributed by atoms with Gasteiger partial charge in [-0.1, -0.05) is 18.2 Å². The minimum absolute atomic E-state index is 0.375. The zero-order chi connectivity index (χ0) is 9.73. The summed E-state index contributed by atoms with van der Waals surface area (Å²) < 4.78 is 21.9. The highest BCUT2D eigenvalue weighted by atomic mass is 31.2. The lowest BCUT2D eigenvalue weighted by Crippen LogP contribution is -2.08. The SMILES string of the molecule is CCO[P@@](=O)(OC)c1ccccc1. The summed E-state index contributed by atoms with van der Waals surface area (Å²) in [5, 5.41) is 0.597. The smallest absolute Gasteiger partial charge is 0.309 e. The van der Waals surface area contributed by atoms with Crippen LogP contribution in [-0.2, 0) is 13.6 Å². The van der Waals surface area contributed by atoms with E-state index in [1.807, 2.05) is 6.07 Å². The molecule has 0 heterocycles. The highest BCUT2D eigenvalue weighted by molar-refractivity contribution is 7.62. The molecule has 0 fully saturated rings. The highest BCUT2D eigenvalue weighted by Crippen LogP contribution is 2.45. The summed E-state index contributed by atoms with van der Waals surface area (Å²) >= 11 is 0. The molecule has 0 aliphatic rings. The molecule has 0 amide bonds. The van der Waals surface area contributed by atoms with Crippen molar-refractivity contribution in [3.05, 3.63) is 30.3 Å². The van der Waals surface area contributed by atoms with Crippen molar-refractivity contribution in [1.82, 2.24) is 0 Å². The summed E-state index contributed by atoms with van der Waals surface area (Å²) in [4.78, 5) is 0. The van der Waals surface area contributed by atoms with Crippen LogP contribution in [0.15, 0.2) is 30.3 Å². The van der Waals surface area contributed by atoms with Crippen molar-refractivity contribution in [1.29, 1.82) is 0 Å². The van der Waals surface area contributed by atoms with Crippen LogP contribution in [0.2, 0.25) is 0 Å². The molecule has 0 aromatic heterocycles. The largest absolute Gasteiger partial charge is 0.361 e. The first-order valence-electron chi connectivity index (χ1n) is 4.09. The molecule has 0 aliphatic heterocycles. The molecule has 0 bridgehead atoms. The Labute approximate surface area is 78.2 Å². The van der Waals surface area contributed by atoms with Crippen LogP contribution in [0.25, 0.3) is 0 Å². The van der Waals surface area contributed by atoms with E-state index in [4.69, 9.17) is 9.05 Å². The molecule has 1 atom stereocenters. The molecule has 0 radical (unpaired) electrons. The summed E-state index contributed by atoms with van der Waals surface area (Å²) in [5.41, 5.74) is 0. The van der Waals surface area contributed by atoms with Gasteiger partial charge in [-0.15, -0.1) is 0 Å². The Morgan fingerprint density at radius 2 is 1.92 bits per heavy atom. The molecule has 4 heteroatoms. The maximum Gasteiger partial charge on any atom is 0.361 e. The zero-order valence-corrected chi connectivity index (χ0v) is 8.66. The first-order chi connectivity index (χ1) is 6.23. The lowest BCUT2D eigenvalue weighted by Gasteiger charge is -2.14. The fourth-order valence-electron chi connectivity index (χ4n) is 1.01. The van der Waals surface area contributed by atoms with E-state index >= 15 is 0 Å². The van der Waals surface area contributed by atoms with Crippen LogP contribution < -0.4 is 5.30 Å². The second kappa shape index (κ2) is 4.56. The van der Waals surface area contributed by atoms with Crippen molar-refractivity contribution in [2.45, 2.75) is 6.92 Å². The van der Waals surface area contributed by atoms with Gasteiger partial charge >= 0.3 is 7.60 Å². The molecule has 72 valence electrons. The van der Waals surface area contributed by atoms with Crippen molar-refractivity contribution in [2.75, 3.05) is 13.7 Å². The minimum Gasteiger partial charge on any atom is -0.309 e. The van der Waals surface area contributed by atoms with Gasteiger partial charge < -0.3 is 9.05 Å². The molecule has 0 saturated heterocycles. The van der Waals surface area contributed by atoms with E-state index in [9.17, 15) is 4.57 Å². The van der Waals surface area contributed by atoms with Crippen molar-refractivity contribution in [2.24, 2.45) is 0 Å². The van der Waals surface area contributed by atoms with Crippen LogP contribution in [0, 0.1) is 0 Å². The van der Waals surface area contributed by atoms with E-state index < -0.39 is 7.60 Å². The van der Waals surface area contributed by atoms with Crippen LogP contribution in [0.3, 0.4) is 0 Å². The van der Waals surface area contributed by atoms with Gasteiger partial charge in [0.1, 0.15) is 0 Å². The van der Waals surface area contributed by atoms with Crippen LogP contribution in [-0.4, -0.2) is 13.7 Å². The molecule has 0 unspecified atom stereocenters. The van der Waals surface area contributed by atoms with Gasteiger partial charge in [0.25, 0.3) is 0 Å². The number of hydrogen-bond donors (Lipinski definition) is 0. The Hall–Kier alpha value is -0.630. The lowest BCUT2D eigenvalue weighted by atomic mass is 10.4. The first kappa shape index (κ1) is 10.5. The van der Waals surface area contributed by atoms with Crippen molar-refractivity contribution in [3.63, 3.8) is 0 Å². The van der Waals surface area contributed by atoms with E-state index in [0.717, 1.165) is 0 Å². The van der Waals surface area contributed by atoms with Crippen molar-refractivity contribution < 1.29 is 13.6 Å². The van der Waals surface area contributed by atoms with E-state index in [2.05, 4.69) is 0 Å². The normalized spacial score (nSPS) is 15.2. The van der Waals surface area contributed by atoms with E-state index in [1.165, 1.54) is 7.11 Å². The Balaban J connectivity index is 2.96. The third-order valence-electron chi connectivity index (χ3n) is 1.61. The van der Waals surface area contributed by atoms with E-state index in [0.29, 0.717) is 11.9 Å². The monoisotopic (exact) mass is 200 g/mol. The molecule has 3 nitrogen and oxygen atoms in total. The van der Waals surface area contributed by atoms with Crippen LogP contribution >= 0.6 is 7.60 Å². The van der Waals surface area contributed by atoms with Crippen molar-refractivity contribution in [3.8, 4) is 0 Å². The fraction of sp³-hybridized carbons (Fsp3) is 0.333. The predicted octanol–water partition coefficient (Wildman–Crippen LogP) is 2.19. The molecule has 0 N–H and O–H groups in total. The molecule has 0 saturated carbocycles. The molecular weight excluding hydrogens is 187 g/mol. The summed E-state index contributed by atoms with van der Waals surface area (Å²) in [5.74, 6) is 0. The summed E-state index contributed by atoms with van der Waals surface area (Å²) in [6.07, 6.45) is 0. The second-order valence-electron chi connectivity index (χ2n) is 2.43. The van der Waals surface area contributed by atoms with Crippen molar-refractivity contribution >= 4 is 12.9 Å². The molecule has 0 aliphatic carbocycles. The van der Waals surface area contributed by atoms with Gasteiger partial charge in [0.05, 0.1) is 11.9 Å². The molecular formula is C9H13O3P. The third kappa shape index (κ3) is 2.41. The maximum atomic E-state index is 11.9. The number of benzene rings is 1. The van der Waals surface area contributed by atoms with Gasteiger partial charge in [0, 0.05) is 7.11 Å². The predicted molar refractivity (Wildman–Crippen MR) is 52.3 cm³/mol. The summed E-state index contributed by atoms with van der Waals surface area (Å²) in [6, 6.07) is 8.94.